The second-order valence-corrected chi connectivity index (χ2v) is 2.01. The summed E-state index contributed by atoms with van der Waals surface area (Å²) in [6.45, 7) is 3.54. The van der Waals surface area contributed by atoms with E-state index in [2.05, 4.69) is 11.6 Å². The second kappa shape index (κ2) is 2.09. The summed E-state index contributed by atoms with van der Waals surface area (Å²) in [6.07, 6.45) is 0.431. The van der Waals surface area contributed by atoms with Crippen molar-refractivity contribution in [2.75, 3.05) is 7.05 Å². The van der Waals surface area contributed by atoms with Crippen LogP contribution in [0.2, 0.25) is 0 Å². The van der Waals surface area contributed by atoms with E-state index in [1.54, 1.807) is 7.05 Å². The Kier molecular flexibility index (Phi) is 1.41. The van der Waals surface area contributed by atoms with Crippen LogP contribution in [0.1, 0.15) is 0 Å². The standard InChI is InChI=1S/C5H7N3O2/c1-4-3-6-5(7(4)2)8(9)10/h3,5H,1H2,2H3. The SMILES string of the molecule is C=C1C=NC([N+](=O)[O-])N1C. The molecule has 5 nitrogen and oxygen atoms in total. The van der Waals surface area contributed by atoms with Crippen LogP contribution in [0, 0.1) is 10.1 Å². The van der Waals surface area contributed by atoms with Crippen LogP contribution in [0.15, 0.2) is 17.3 Å². The van der Waals surface area contributed by atoms with Crippen LogP contribution in [-0.4, -0.2) is 29.4 Å². The average molecular weight is 141 g/mol. The van der Waals surface area contributed by atoms with Gasteiger partial charge in [0.25, 0.3) is 0 Å². The number of hydrogen-bond acceptors (Lipinski definition) is 4. The molecule has 1 unspecified atom stereocenters. The maximum Gasteiger partial charge on any atom is 0.385 e. The second-order valence-electron chi connectivity index (χ2n) is 2.01. The summed E-state index contributed by atoms with van der Waals surface area (Å²) in [5.74, 6) is 0. The van der Waals surface area contributed by atoms with Crippen molar-refractivity contribution in [3.8, 4) is 0 Å². The molecule has 0 saturated heterocycles. The third kappa shape index (κ3) is 0.854. The minimum Gasteiger partial charge on any atom is -0.292 e. The van der Waals surface area contributed by atoms with E-state index in [1.807, 2.05) is 0 Å². The number of hydrogen-bond donors (Lipinski definition) is 0. The molecule has 5 heteroatoms. The Morgan fingerprint density at radius 3 is 2.80 bits per heavy atom. The normalized spacial score (nSPS) is 23.9. The van der Waals surface area contributed by atoms with Gasteiger partial charge in [0.05, 0.1) is 16.8 Å². The highest BCUT2D eigenvalue weighted by atomic mass is 16.6. The van der Waals surface area contributed by atoms with Gasteiger partial charge in [0.2, 0.25) is 0 Å². The molecule has 0 spiro atoms. The van der Waals surface area contributed by atoms with Gasteiger partial charge < -0.3 is 0 Å². The smallest absolute Gasteiger partial charge is 0.292 e. The minimum absolute atomic E-state index is 0.464. The van der Waals surface area contributed by atoms with E-state index in [4.69, 9.17) is 0 Å². The van der Waals surface area contributed by atoms with Crippen LogP contribution in [0.5, 0.6) is 0 Å². The van der Waals surface area contributed by atoms with Crippen molar-refractivity contribution in [1.29, 1.82) is 0 Å². The molecule has 54 valence electrons. The molecule has 1 aliphatic rings. The molecule has 0 aromatic carbocycles. The van der Waals surface area contributed by atoms with Crippen LogP contribution in [0.4, 0.5) is 0 Å². The predicted octanol–water partition coefficient (Wildman–Crippen LogP) is 0.0766. The Labute approximate surface area is 57.8 Å². The summed E-state index contributed by atoms with van der Waals surface area (Å²) in [4.78, 5) is 14.7. The first kappa shape index (κ1) is 6.73. The Bertz CT molecular complexity index is 211. The van der Waals surface area contributed by atoms with E-state index >= 15 is 0 Å². The maximum atomic E-state index is 10.2. The Balaban J connectivity index is 2.76. The lowest BCUT2D eigenvalue weighted by Crippen LogP contribution is -2.31. The van der Waals surface area contributed by atoms with Gasteiger partial charge in [0.15, 0.2) is 0 Å². The van der Waals surface area contributed by atoms with Crippen molar-refractivity contribution in [2.45, 2.75) is 6.29 Å². The van der Waals surface area contributed by atoms with Crippen molar-refractivity contribution in [2.24, 2.45) is 4.99 Å². The van der Waals surface area contributed by atoms with Gasteiger partial charge in [0.1, 0.15) is 0 Å². The zero-order chi connectivity index (χ0) is 7.72. The molecular weight excluding hydrogens is 134 g/mol. The molecule has 1 aliphatic heterocycles. The fourth-order valence-electron chi connectivity index (χ4n) is 0.688. The molecule has 1 rings (SSSR count). The van der Waals surface area contributed by atoms with Gasteiger partial charge in [-0.15, -0.1) is 0 Å². The Morgan fingerprint density at radius 1 is 2.00 bits per heavy atom. The van der Waals surface area contributed by atoms with Crippen molar-refractivity contribution in [3.63, 3.8) is 0 Å². The first-order valence-corrected chi connectivity index (χ1v) is 2.71. The van der Waals surface area contributed by atoms with E-state index in [9.17, 15) is 10.1 Å². The number of rotatable bonds is 1. The number of allylic oxidation sites excluding steroid dienone is 1. The van der Waals surface area contributed by atoms with Gasteiger partial charge in [-0.1, -0.05) is 6.58 Å². The average Bonchev–Trinajstić information content (AvgIpc) is 2.14. The van der Waals surface area contributed by atoms with Crippen molar-refractivity contribution in [3.05, 3.63) is 22.4 Å². The molecule has 0 aliphatic carbocycles. The summed E-state index contributed by atoms with van der Waals surface area (Å²) in [5, 5.41) is 10.2. The van der Waals surface area contributed by atoms with Crippen LogP contribution in [-0.2, 0) is 0 Å². The zero-order valence-electron chi connectivity index (χ0n) is 5.52. The molecule has 0 aromatic rings. The number of aliphatic imine (C=N–C) groups is 1. The van der Waals surface area contributed by atoms with Crippen LogP contribution in [0.3, 0.4) is 0 Å². The van der Waals surface area contributed by atoms with Crippen molar-refractivity contribution < 1.29 is 4.92 Å². The lowest BCUT2D eigenvalue weighted by molar-refractivity contribution is -0.542. The molecule has 0 N–H and O–H groups in total. The lowest BCUT2D eigenvalue weighted by atomic mass is 10.5. The summed E-state index contributed by atoms with van der Waals surface area (Å²) in [5.41, 5.74) is 0.571. The largest absolute Gasteiger partial charge is 0.385 e. The fraction of sp³-hybridized carbons (Fsp3) is 0.400. The Hall–Kier alpha value is -1.39. The van der Waals surface area contributed by atoms with Gasteiger partial charge in [-0.3, -0.25) is 15.0 Å². The van der Waals surface area contributed by atoms with Crippen LogP contribution >= 0.6 is 0 Å². The summed E-state index contributed by atoms with van der Waals surface area (Å²) in [6, 6.07) is 0. The summed E-state index contributed by atoms with van der Waals surface area (Å²) >= 11 is 0. The maximum absolute atomic E-state index is 10.2. The third-order valence-electron chi connectivity index (χ3n) is 1.34. The zero-order valence-corrected chi connectivity index (χ0v) is 5.52. The molecule has 0 aromatic heterocycles. The Morgan fingerprint density at radius 2 is 2.60 bits per heavy atom. The predicted molar refractivity (Wildman–Crippen MR) is 36.2 cm³/mol. The first-order chi connectivity index (χ1) is 4.63. The third-order valence-corrected chi connectivity index (χ3v) is 1.34. The van der Waals surface area contributed by atoms with Crippen molar-refractivity contribution in [1.82, 2.24) is 4.90 Å². The van der Waals surface area contributed by atoms with E-state index in [1.165, 1.54) is 11.1 Å². The van der Waals surface area contributed by atoms with Crippen molar-refractivity contribution >= 4 is 6.21 Å². The van der Waals surface area contributed by atoms with Gasteiger partial charge >= 0.3 is 6.29 Å². The quantitative estimate of drug-likeness (QED) is 0.383. The van der Waals surface area contributed by atoms with Crippen LogP contribution < -0.4 is 0 Å². The first-order valence-electron chi connectivity index (χ1n) is 2.71. The minimum atomic E-state index is -0.965. The highest BCUT2D eigenvalue weighted by Gasteiger charge is 2.28. The van der Waals surface area contributed by atoms with Crippen LogP contribution in [0.25, 0.3) is 0 Å². The molecule has 0 fully saturated rings. The van der Waals surface area contributed by atoms with Gasteiger partial charge in [-0.05, 0) is 0 Å². The van der Waals surface area contributed by atoms with E-state index < -0.39 is 11.2 Å². The molecule has 10 heavy (non-hydrogen) atoms. The highest BCUT2D eigenvalue weighted by molar-refractivity contribution is 5.78. The molecule has 0 bridgehead atoms. The lowest BCUT2D eigenvalue weighted by Gasteiger charge is -2.12. The fourth-order valence-corrected chi connectivity index (χ4v) is 0.688. The van der Waals surface area contributed by atoms with Gasteiger partial charge in [0, 0.05) is 7.05 Å². The number of nitro groups is 1. The topological polar surface area (TPSA) is 58.7 Å². The molecule has 1 heterocycles. The molecule has 1 atom stereocenters. The van der Waals surface area contributed by atoms with E-state index in [0.717, 1.165) is 0 Å². The van der Waals surface area contributed by atoms with E-state index in [-0.39, 0.29) is 0 Å². The summed E-state index contributed by atoms with van der Waals surface area (Å²) in [7, 11) is 1.59. The molecule has 0 radical (unpaired) electrons. The van der Waals surface area contributed by atoms with Gasteiger partial charge in [-0.2, -0.15) is 4.99 Å². The summed E-state index contributed by atoms with van der Waals surface area (Å²) < 4.78 is 0. The molecule has 0 amide bonds. The van der Waals surface area contributed by atoms with Gasteiger partial charge in [-0.25, -0.2) is 0 Å². The monoisotopic (exact) mass is 141 g/mol. The molecular formula is C5H7N3O2. The number of nitrogens with zero attached hydrogens (tertiary/aromatic N) is 3. The molecule has 0 saturated carbocycles. The highest BCUT2D eigenvalue weighted by Crippen LogP contribution is 2.11. The van der Waals surface area contributed by atoms with E-state index in [0.29, 0.717) is 5.70 Å².